The van der Waals surface area contributed by atoms with Gasteiger partial charge in [-0.15, -0.1) is 0 Å². The number of aryl methyl sites for hydroxylation is 1. The summed E-state index contributed by atoms with van der Waals surface area (Å²) in [6.45, 7) is 2.52. The van der Waals surface area contributed by atoms with E-state index in [0.717, 1.165) is 15.8 Å². The minimum atomic E-state index is -4.55. The lowest BCUT2D eigenvalue weighted by Gasteiger charge is -2.33. The van der Waals surface area contributed by atoms with Crippen LogP contribution in [0.25, 0.3) is 0 Å². The second-order valence-corrected chi connectivity index (χ2v) is 8.91. The molecule has 2 N–H and O–H groups in total. The fraction of sp³-hybridized carbons (Fsp3) is 0.269. The van der Waals surface area contributed by atoms with Gasteiger partial charge in [0.05, 0.1) is 19.7 Å². The number of carbonyl (C=O) groups is 1. The standard InChI is InChI=1S/C26H25F3N6O2/c1-16-6-3-4-7-18(16)15-34-11-10-23(33-34)31-25(36)21-14-24-30-20(17-8-5-9-19(12-17)37-2)13-22(26(27,28)29)35(24)32-21/h3-12,14,20,22,30H,13,15H2,1-2H3,(H,31,33,36)/t20-,22-/m0/s1. The summed E-state index contributed by atoms with van der Waals surface area (Å²) in [7, 11) is 1.50. The van der Waals surface area contributed by atoms with E-state index in [-0.39, 0.29) is 23.8 Å². The van der Waals surface area contributed by atoms with Gasteiger partial charge in [0, 0.05) is 24.8 Å². The number of ether oxygens (including phenoxy) is 1. The molecule has 1 aliphatic heterocycles. The van der Waals surface area contributed by atoms with Crippen molar-refractivity contribution in [3.8, 4) is 5.75 Å². The molecular weight excluding hydrogens is 485 g/mol. The molecule has 0 unspecified atom stereocenters. The van der Waals surface area contributed by atoms with E-state index in [4.69, 9.17) is 4.74 Å². The Morgan fingerprint density at radius 1 is 1.14 bits per heavy atom. The number of halogens is 3. The molecular formula is C26H25F3N6O2. The Bertz CT molecular complexity index is 1430. The highest BCUT2D eigenvalue weighted by molar-refractivity contribution is 6.02. The third kappa shape index (κ3) is 5.16. The monoisotopic (exact) mass is 510 g/mol. The number of amides is 1. The van der Waals surface area contributed by atoms with Crippen LogP contribution in [0.3, 0.4) is 0 Å². The minimum Gasteiger partial charge on any atom is -0.497 e. The highest BCUT2D eigenvalue weighted by Gasteiger charge is 2.46. The van der Waals surface area contributed by atoms with Crippen molar-refractivity contribution < 1.29 is 22.7 Å². The fourth-order valence-corrected chi connectivity index (χ4v) is 4.42. The SMILES string of the molecule is COc1cccc([C@@H]2C[C@@H](C(F)(F)F)n3nc(C(=O)Nc4ccn(Cc5ccccc5C)n4)cc3N2)c1. The van der Waals surface area contributed by atoms with E-state index in [1.165, 1.54) is 13.2 Å². The van der Waals surface area contributed by atoms with E-state index >= 15 is 0 Å². The molecule has 2 aromatic carbocycles. The first-order valence-electron chi connectivity index (χ1n) is 11.7. The number of methoxy groups -OCH3 is 1. The zero-order chi connectivity index (χ0) is 26.2. The number of fused-ring (bicyclic) bond motifs is 1. The maximum atomic E-state index is 14.0. The molecule has 5 rings (SSSR count). The maximum absolute atomic E-state index is 14.0. The Labute approximate surface area is 211 Å². The lowest BCUT2D eigenvalue weighted by Crippen LogP contribution is -2.35. The van der Waals surface area contributed by atoms with Crippen LogP contribution in [0.4, 0.5) is 24.8 Å². The van der Waals surface area contributed by atoms with E-state index in [0.29, 0.717) is 17.9 Å². The van der Waals surface area contributed by atoms with Gasteiger partial charge in [0.25, 0.3) is 5.91 Å². The molecule has 3 heterocycles. The van der Waals surface area contributed by atoms with Crippen LogP contribution >= 0.6 is 0 Å². The van der Waals surface area contributed by atoms with Gasteiger partial charge in [-0.2, -0.15) is 23.4 Å². The molecule has 0 bridgehead atoms. The largest absolute Gasteiger partial charge is 0.497 e. The summed E-state index contributed by atoms with van der Waals surface area (Å²) in [5.74, 6) is 0.281. The van der Waals surface area contributed by atoms with Crippen molar-refractivity contribution in [2.75, 3.05) is 17.7 Å². The number of aromatic nitrogens is 4. The first-order valence-corrected chi connectivity index (χ1v) is 11.7. The summed E-state index contributed by atoms with van der Waals surface area (Å²) in [5, 5.41) is 14.1. The van der Waals surface area contributed by atoms with Gasteiger partial charge in [0.1, 0.15) is 11.6 Å². The summed E-state index contributed by atoms with van der Waals surface area (Å²) in [4.78, 5) is 12.9. The molecule has 192 valence electrons. The van der Waals surface area contributed by atoms with Gasteiger partial charge >= 0.3 is 6.18 Å². The highest BCUT2D eigenvalue weighted by Crippen LogP contribution is 2.44. The van der Waals surface area contributed by atoms with Crippen molar-refractivity contribution in [2.45, 2.75) is 38.1 Å². The lowest BCUT2D eigenvalue weighted by molar-refractivity contribution is -0.173. The predicted octanol–water partition coefficient (Wildman–Crippen LogP) is 5.36. The zero-order valence-electron chi connectivity index (χ0n) is 20.2. The number of nitrogens with one attached hydrogen (secondary N) is 2. The van der Waals surface area contributed by atoms with Crippen LogP contribution in [0.5, 0.6) is 5.75 Å². The zero-order valence-corrected chi connectivity index (χ0v) is 20.2. The molecule has 0 saturated carbocycles. The summed E-state index contributed by atoms with van der Waals surface area (Å²) in [6.07, 6.45) is -3.11. The van der Waals surface area contributed by atoms with E-state index in [2.05, 4.69) is 20.8 Å². The number of alkyl halides is 3. The van der Waals surface area contributed by atoms with Gasteiger partial charge in [0.15, 0.2) is 17.6 Å². The second-order valence-electron chi connectivity index (χ2n) is 8.91. The van der Waals surface area contributed by atoms with Gasteiger partial charge in [-0.1, -0.05) is 36.4 Å². The van der Waals surface area contributed by atoms with Crippen molar-refractivity contribution in [1.82, 2.24) is 19.6 Å². The van der Waals surface area contributed by atoms with Crippen LogP contribution in [0.15, 0.2) is 66.9 Å². The van der Waals surface area contributed by atoms with Crippen LogP contribution in [0.1, 0.15) is 45.7 Å². The minimum absolute atomic E-state index is 0.108. The van der Waals surface area contributed by atoms with E-state index in [9.17, 15) is 18.0 Å². The molecule has 0 radical (unpaired) electrons. The molecule has 0 spiro atoms. The van der Waals surface area contributed by atoms with Crippen LogP contribution in [-0.2, 0) is 6.54 Å². The number of anilines is 2. The molecule has 0 fully saturated rings. The highest BCUT2D eigenvalue weighted by atomic mass is 19.4. The molecule has 8 nitrogen and oxygen atoms in total. The lowest BCUT2D eigenvalue weighted by atomic mass is 9.97. The topological polar surface area (TPSA) is 86.0 Å². The van der Waals surface area contributed by atoms with Crippen molar-refractivity contribution in [1.29, 1.82) is 0 Å². The first-order chi connectivity index (χ1) is 17.7. The third-order valence-corrected chi connectivity index (χ3v) is 6.39. The van der Waals surface area contributed by atoms with E-state index < -0.39 is 24.2 Å². The van der Waals surface area contributed by atoms with Crippen molar-refractivity contribution >= 4 is 17.5 Å². The van der Waals surface area contributed by atoms with Gasteiger partial charge in [-0.05, 0) is 35.7 Å². The number of rotatable bonds is 6. The molecule has 1 aliphatic rings. The number of carbonyl (C=O) groups excluding carboxylic acids is 1. The number of hydrogen-bond donors (Lipinski definition) is 2. The molecule has 0 aliphatic carbocycles. The summed E-state index contributed by atoms with van der Waals surface area (Å²) in [6, 6.07) is 15.2. The van der Waals surface area contributed by atoms with Gasteiger partial charge in [0.2, 0.25) is 0 Å². The first kappa shape index (κ1) is 24.4. The smallest absolute Gasteiger partial charge is 0.410 e. The normalized spacial score (nSPS) is 17.1. The Hall–Kier alpha value is -4.28. The van der Waals surface area contributed by atoms with E-state index in [1.54, 1.807) is 41.2 Å². The molecule has 2 aromatic heterocycles. The number of nitrogens with zero attached hydrogens (tertiary/aromatic N) is 4. The summed E-state index contributed by atoms with van der Waals surface area (Å²) < 4.78 is 49.7. The van der Waals surface area contributed by atoms with Crippen LogP contribution in [-0.4, -0.2) is 38.8 Å². The average molecular weight is 511 g/mol. The Morgan fingerprint density at radius 2 is 1.95 bits per heavy atom. The van der Waals surface area contributed by atoms with Crippen LogP contribution in [0.2, 0.25) is 0 Å². The molecule has 4 aromatic rings. The Morgan fingerprint density at radius 3 is 2.70 bits per heavy atom. The van der Waals surface area contributed by atoms with E-state index in [1.807, 2.05) is 31.2 Å². The number of hydrogen-bond acceptors (Lipinski definition) is 5. The van der Waals surface area contributed by atoms with Crippen molar-refractivity contribution in [3.05, 3.63) is 89.2 Å². The van der Waals surface area contributed by atoms with Crippen LogP contribution < -0.4 is 15.4 Å². The average Bonchev–Trinajstić information content (AvgIpc) is 3.51. The Kier molecular flexibility index (Phi) is 6.36. The predicted molar refractivity (Wildman–Crippen MR) is 132 cm³/mol. The summed E-state index contributed by atoms with van der Waals surface area (Å²) >= 11 is 0. The summed E-state index contributed by atoms with van der Waals surface area (Å²) in [5.41, 5.74) is 2.70. The van der Waals surface area contributed by atoms with Gasteiger partial charge in [-0.25, -0.2) is 4.68 Å². The molecule has 11 heteroatoms. The van der Waals surface area contributed by atoms with Gasteiger partial charge in [-0.3, -0.25) is 9.48 Å². The van der Waals surface area contributed by atoms with Gasteiger partial charge < -0.3 is 15.4 Å². The van der Waals surface area contributed by atoms with Crippen molar-refractivity contribution in [3.63, 3.8) is 0 Å². The number of benzene rings is 2. The molecule has 2 atom stereocenters. The maximum Gasteiger partial charge on any atom is 0.410 e. The third-order valence-electron chi connectivity index (χ3n) is 6.39. The quantitative estimate of drug-likeness (QED) is 0.365. The molecule has 1 amide bonds. The van der Waals surface area contributed by atoms with Crippen LogP contribution in [0, 0.1) is 6.92 Å². The second kappa shape index (κ2) is 9.64. The molecule has 37 heavy (non-hydrogen) atoms. The Balaban J connectivity index is 1.35. The fourth-order valence-electron chi connectivity index (χ4n) is 4.42. The molecule has 0 saturated heterocycles. The van der Waals surface area contributed by atoms with Crippen molar-refractivity contribution in [2.24, 2.45) is 0 Å².